The molecular formula is C13H23N3S. The van der Waals surface area contributed by atoms with Crippen LogP contribution >= 0.6 is 11.3 Å². The average molecular weight is 253 g/mol. The SMILES string of the molecule is CCCNCC1CCCCN1Cc1cncs1. The summed E-state index contributed by atoms with van der Waals surface area (Å²) in [4.78, 5) is 8.18. The van der Waals surface area contributed by atoms with Crippen molar-refractivity contribution in [2.45, 2.75) is 45.2 Å². The number of rotatable bonds is 6. The van der Waals surface area contributed by atoms with Crippen LogP contribution in [-0.2, 0) is 6.54 Å². The molecular weight excluding hydrogens is 230 g/mol. The first kappa shape index (κ1) is 13.0. The summed E-state index contributed by atoms with van der Waals surface area (Å²) in [6.45, 7) is 6.85. The van der Waals surface area contributed by atoms with Crippen molar-refractivity contribution in [1.82, 2.24) is 15.2 Å². The highest BCUT2D eigenvalue weighted by Crippen LogP contribution is 2.20. The molecule has 1 fully saturated rings. The van der Waals surface area contributed by atoms with Gasteiger partial charge in [0.2, 0.25) is 0 Å². The lowest BCUT2D eigenvalue weighted by Crippen LogP contribution is -2.44. The molecule has 0 spiro atoms. The van der Waals surface area contributed by atoms with Crippen LogP contribution in [0.4, 0.5) is 0 Å². The van der Waals surface area contributed by atoms with Crippen molar-refractivity contribution >= 4 is 11.3 Å². The highest BCUT2D eigenvalue weighted by Gasteiger charge is 2.22. The lowest BCUT2D eigenvalue weighted by Gasteiger charge is -2.35. The second-order valence-electron chi connectivity index (χ2n) is 4.79. The minimum Gasteiger partial charge on any atom is -0.315 e. The van der Waals surface area contributed by atoms with Crippen LogP contribution in [0.2, 0.25) is 0 Å². The molecule has 0 aromatic carbocycles. The van der Waals surface area contributed by atoms with Crippen LogP contribution in [0.1, 0.15) is 37.5 Å². The molecule has 1 unspecified atom stereocenters. The van der Waals surface area contributed by atoms with E-state index in [4.69, 9.17) is 0 Å². The molecule has 1 atom stereocenters. The number of hydrogen-bond acceptors (Lipinski definition) is 4. The molecule has 1 N–H and O–H groups in total. The van der Waals surface area contributed by atoms with E-state index in [9.17, 15) is 0 Å². The molecule has 1 saturated heterocycles. The molecule has 0 amide bonds. The Labute approximate surface area is 108 Å². The number of nitrogens with zero attached hydrogens (tertiary/aromatic N) is 2. The molecule has 0 saturated carbocycles. The first-order chi connectivity index (χ1) is 8.40. The van der Waals surface area contributed by atoms with Crippen LogP contribution in [0, 0.1) is 0 Å². The van der Waals surface area contributed by atoms with Gasteiger partial charge in [0.25, 0.3) is 0 Å². The monoisotopic (exact) mass is 253 g/mol. The van der Waals surface area contributed by atoms with Gasteiger partial charge in [-0.2, -0.15) is 0 Å². The Hall–Kier alpha value is -0.450. The van der Waals surface area contributed by atoms with Gasteiger partial charge in [-0.1, -0.05) is 13.3 Å². The summed E-state index contributed by atoms with van der Waals surface area (Å²) in [5, 5.41) is 3.56. The van der Waals surface area contributed by atoms with Gasteiger partial charge in [-0.15, -0.1) is 11.3 Å². The van der Waals surface area contributed by atoms with Crippen molar-refractivity contribution in [1.29, 1.82) is 0 Å². The number of hydrogen-bond donors (Lipinski definition) is 1. The van der Waals surface area contributed by atoms with E-state index in [0.717, 1.165) is 25.7 Å². The van der Waals surface area contributed by atoms with Gasteiger partial charge in [-0.25, -0.2) is 0 Å². The van der Waals surface area contributed by atoms with Gasteiger partial charge in [0, 0.05) is 30.2 Å². The maximum Gasteiger partial charge on any atom is 0.0794 e. The highest BCUT2D eigenvalue weighted by molar-refractivity contribution is 7.09. The highest BCUT2D eigenvalue weighted by atomic mass is 32.1. The van der Waals surface area contributed by atoms with Gasteiger partial charge < -0.3 is 5.32 Å². The number of likely N-dealkylation sites (tertiary alicyclic amines) is 1. The number of nitrogens with one attached hydrogen (secondary N) is 1. The van der Waals surface area contributed by atoms with Crippen LogP contribution in [0.15, 0.2) is 11.7 Å². The zero-order valence-corrected chi connectivity index (χ0v) is 11.5. The van der Waals surface area contributed by atoms with Crippen LogP contribution in [0.25, 0.3) is 0 Å². The summed E-state index contributed by atoms with van der Waals surface area (Å²) in [5.74, 6) is 0. The lowest BCUT2D eigenvalue weighted by atomic mass is 10.0. The summed E-state index contributed by atoms with van der Waals surface area (Å²) in [6.07, 6.45) is 7.31. The van der Waals surface area contributed by atoms with Crippen molar-refractivity contribution in [2.75, 3.05) is 19.6 Å². The third-order valence-corrected chi connectivity index (χ3v) is 4.16. The summed E-state index contributed by atoms with van der Waals surface area (Å²) >= 11 is 1.77. The Morgan fingerprint density at radius 3 is 3.24 bits per heavy atom. The largest absolute Gasteiger partial charge is 0.315 e. The van der Waals surface area contributed by atoms with E-state index in [0.29, 0.717) is 0 Å². The Morgan fingerprint density at radius 1 is 1.53 bits per heavy atom. The summed E-state index contributed by atoms with van der Waals surface area (Å²) < 4.78 is 0. The fraction of sp³-hybridized carbons (Fsp3) is 0.769. The molecule has 1 aromatic rings. The predicted octanol–water partition coefficient (Wildman–Crippen LogP) is 2.50. The van der Waals surface area contributed by atoms with Gasteiger partial charge in [0.1, 0.15) is 0 Å². The predicted molar refractivity (Wildman–Crippen MR) is 73.3 cm³/mol. The first-order valence-electron chi connectivity index (χ1n) is 6.72. The van der Waals surface area contributed by atoms with E-state index in [1.54, 1.807) is 11.3 Å². The zero-order valence-electron chi connectivity index (χ0n) is 10.7. The number of thiazole rings is 1. The molecule has 96 valence electrons. The van der Waals surface area contributed by atoms with Gasteiger partial charge in [0.15, 0.2) is 0 Å². The minimum atomic E-state index is 0.720. The van der Waals surface area contributed by atoms with E-state index < -0.39 is 0 Å². The second kappa shape index (κ2) is 7.09. The Kier molecular flexibility index (Phi) is 5.42. The van der Waals surface area contributed by atoms with Crippen LogP contribution in [0.5, 0.6) is 0 Å². The van der Waals surface area contributed by atoms with Gasteiger partial charge in [-0.05, 0) is 32.4 Å². The quantitative estimate of drug-likeness (QED) is 0.790. The third kappa shape index (κ3) is 4.05. The Morgan fingerprint density at radius 2 is 2.47 bits per heavy atom. The van der Waals surface area contributed by atoms with Gasteiger partial charge in [-0.3, -0.25) is 9.88 Å². The van der Waals surface area contributed by atoms with Crippen molar-refractivity contribution in [3.8, 4) is 0 Å². The summed E-state index contributed by atoms with van der Waals surface area (Å²) in [7, 11) is 0. The molecule has 17 heavy (non-hydrogen) atoms. The molecule has 2 heterocycles. The molecule has 0 radical (unpaired) electrons. The molecule has 2 rings (SSSR count). The first-order valence-corrected chi connectivity index (χ1v) is 7.60. The minimum absolute atomic E-state index is 0.720. The van der Waals surface area contributed by atoms with E-state index >= 15 is 0 Å². The summed E-state index contributed by atoms with van der Waals surface area (Å²) in [6, 6.07) is 0.720. The van der Waals surface area contributed by atoms with E-state index in [1.807, 2.05) is 11.7 Å². The molecule has 0 bridgehead atoms. The summed E-state index contributed by atoms with van der Waals surface area (Å²) in [5.41, 5.74) is 1.93. The smallest absolute Gasteiger partial charge is 0.0794 e. The van der Waals surface area contributed by atoms with Crippen molar-refractivity contribution in [2.24, 2.45) is 0 Å². The zero-order chi connectivity index (χ0) is 11.9. The van der Waals surface area contributed by atoms with E-state index in [1.165, 1.54) is 37.1 Å². The van der Waals surface area contributed by atoms with Crippen molar-refractivity contribution in [3.05, 3.63) is 16.6 Å². The number of aromatic nitrogens is 1. The topological polar surface area (TPSA) is 28.2 Å². The van der Waals surface area contributed by atoms with Crippen LogP contribution in [-0.4, -0.2) is 35.6 Å². The van der Waals surface area contributed by atoms with E-state index in [-0.39, 0.29) is 0 Å². The molecule has 1 aromatic heterocycles. The molecule has 4 heteroatoms. The van der Waals surface area contributed by atoms with Gasteiger partial charge in [0.05, 0.1) is 5.51 Å². The molecule has 1 aliphatic heterocycles. The second-order valence-corrected chi connectivity index (χ2v) is 5.76. The lowest BCUT2D eigenvalue weighted by molar-refractivity contribution is 0.139. The molecule has 0 aliphatic carbocycles. The number of piperidine rings is 1. The van der Waals surface area contributed by atoms with Gasteiger partial charge >= 0.3 is 0 Å². The molecule has 3 nitrogen and oxygen atoms in total. The maximum atomic E-state index is 4.16. The fourth-order valence-electron chi connectivity index (χ4n) is 2.47. The fourth-order valence-corrected chi connectivity index (χ4v) is 3.08. The van der Waals surface area contributed by atoms with E-state index in [2.05, 4.69) is 22.1 Å². The maximum absolute atomic E-state index is 4.16. The Balaban J connectivity index is 1.83. The third-order valence-electron chi connectivity index (χ3n) is 3.40. The van der Waals surface area contributed by atoms with Crippen molar-refractivity contribution < 1.29 is 0 Å². The normalized spacial score (nSPS) is 21.8. The van der Waals surface area contributed by atoms with Crippen molar-refractivity contribution in [3.63, 3.8) is 0 Å². The van der Waals surface area contributed by atoms with Crippen LogP contribution < -0.4 is 5.32 Å². The van der Waals surface area contributed by atoms with Crippen LogP contribution in [0.3, 0.4) is 0 Å². The molecule has 1 aliphatic rings. The standard InChI is InChI=1S/C13H23N3S/c1-2-6-14-8-12-5-3-4-7-16(12)10-13-9-15-11-17-13/h9,11-12,14H,2-8,10H2,1H3. The average Bonchev–Trinajstić information content (AvgIpc) is 2.84. The Bertz CT molecular complexity index is 300.